The van der Waals surface area contributed by atoms with Gasteiger partial charge in [0, 0.05) is 43.7 Å². The number of amides is 1. The number of anilines is 1. The lowest BCUT2D eigenvalue weighted by molar-refractivity contribution is -0.119. The Bertz CT molecular complexity index is 773. The van der Waals surface area contributed by atoms with E-state index in [-0.39, 0.29) is 11.8 Å². The summed E-state index contributed by atoms with van der Waals surface area (Å²) >= 11 is 0. The predicted octanol–water partition coefficient (Wildman–Crippen LogP) is 1.41. The number of para-hydroxylation sites is 1. The summed E-state index contributed by atoms with van der Waals surface area (Å²) in [6, 6.07) is 9.98. The molecule has 25 heavy (non-hydrogen) atoms. The topological polar surface area (TPSA) is 69.8 Å². The van der Waals surface area contributed by atoms with Gasteiger partial charge >= 0.3 is 0 Å². The number of rotatable bonds is 4. The van der Waals surface area contributed by atoms with Crippen LogP contribution in [0, 0.1) is 12.8 Å². The summed E-state index contributed by atoms with van der Waals surface area (Å²) in [5, 5.41) is 14.2. The Labute approximate surface area is 147 Å². The molecule has 1 saturated heterocycles. The normalized spacial score (nSPS) is 23.2. The van der Waals surface area contributed by atoms with Crippen molar-refractivity contribution in [3.63, 3.8) is 0 Å². The lowest BCUT2D eigenvalue weighted by Crippen LogP contribution is -2.39. The minimum atomic E-state index is -0.441. The third-order valence-corrected chi connectivity index (χ3v) is 5.17. The number of hydrogen-bond donors (Lipinski definition) is 1. The summed E-state index contributed by atoms with van der Waals surface area (Å²) in [6.07, 6.45) is 1.13. The quantitative estimate of drug-likeness (QED) is 0.910. The van der Waals surface area contributed by atoms with Crippen LogP contribution in [0.5, 0.6) is 0 Å². The van der Waals surface area contributed by atoms with Gasteiger partial charge in [0.15, 0.2) is 0 Å². The fraction of sp³-hybridized carbons (Fsp3) is 0.474. The Morgan fingerprint density at radius 3 is 3.00 bits per heavy atom. The van der Waals surface area contributed by atoms with E-state index in [0.717, 1.165) is 30.1 Å². The van der Waals surface area contributed by atoms with Gasteiger partial charge in [-0.25, -0.2) is 0 Å². The minimum absolute atomic E-state index is 0.0750. The van der Waals surface area contributed by atoms with Gasteiger partial charge in [-0.15, -0.1) is 0 Å². The lowest BCUT2D eigenvalue weighted by Gasteiger charge is -2.21. The Kier molecular flexibility index (Phi) is 4.31. The van der Waals surface area contributed by atoms with Gasteiger partial charge in [-0.1, -0.05) is 23.4 Å². The van der Waals surface area contributed by atoms with Gasteiger partial charge in [0.25, 0.3) is 0 Å². The molecular formula is C19H23N3O3. The van der Waals surface area contributed by atoms with Crippen LogP contribution in [0.15, 0.2) is 34.9 Å². The lowest BCUT2D eigenvalue weighted by atomic mass is 10.0. The zero-order valence-electron chi connectivity index (χ0n) is 14.4. The van der Waals surface area contributed by atoms with Crippen molar-refractivity contribution in [2.75, 3.05) is 31.1 Å². The number of aromatic nitrogens is 1. The first-order chi connectivity index (χ1) is 12.1. The van der Waals surface area contributed by atoms with Crippen molar-refractivity contribution in [1.29, 1.82) is 0 Å². The zero-order chi connectivity index (χ0) is 17.4. The molecule has 3 heterocycles. The second-order valence-electron chi connectivity index (χ2n) is 7.08. The summed E-state index contributed by atoms with van der Waals surface area (Å²) in [5.74, 6) is 0.975. The van der Waals surface area contributed by atoms with Crippen LogP contribution < -0.4 is 4.90 Å². The van der Waals surface area contributed by atoms with Gasteiger partial charge in [0.2, 0.25) is 5.91 Å². The van der Waals surface area contributed by atoms with Gasteiger partial charge in [0.1, 0.15) is 5.76 Å². The summed E-state index contributed by atoms with van der Waals surface area (Å²) < 4.78 is 5.26. The molecule has 2 atom stereocenters. The maximum atomic E-state index is 12.7. The molecule has 132 valence electrons. The van der Waals surface area contributed by atoms with E-state index in [1.165, 1.54) is 5.56 Å². The highest BCUT2D eigenvalue weighted by molar-refractivity contribution is 5.96. The molecule has 0 aliphatic carbocycles. The molecule has 0 bridgehead atoms. The molecule has 0 saturated carbocycles. The van der Waals surface area contributed by atoms with Gasteiger partial charge in [-0.2, -0.15) is 0 Å². The molecular weight excluding hydrogens is 318 g/mol. The fourth-order valence-corrected chi connectivity index (χ4v) is 3.92. The summed E-state index contributed by atoms with van der Waals surface area (Å²) in [7, 11) is 0. The number of carbonyl (C=O) groups is 1. The highest BCUT2D eigenvalue weighted by atomic mass is 16.5. The average Bonchev–Trinajstić information content (AvgIpc) is 3.27. The molecule has 1 amide bonds. The number of nitrogens with zero attached hydrogens (tertiary/aromatic N) is 3. The predicted molar refractivity (Wildman–Crippen MR) is 93.4 cm³/mol. The van der Waals surface area contributed by atoms with E-state index >= 15 is 0 Å². The monoisotopic (exact) mass is 341 g/mol. The second-order valence-corrected chi connectivity index (χ2v) is 7.08. The van der Waals surface area contributed by atoms with Crippen molar-refractivity contribution in [2.45, 2.75) is 25.9 Å². The molecule has 1 aromatic heterocycles. The molecule has 2 aliphatic rings. The number of β-amino-alcohol motifs (C(OH)–C–C–N with tert-alkyl or cyclic N) is 1. The van der Waals surface area contributed by atoms with E-state index < -0.39 is 6.10 Å². The Balaban J connectivity index is 1.36. The van der Waals surface area contributed by atoms with E-state index in [2.05, 4.69) is 11.2 Å². The maximum Gasteiger partial charge on any atom is 0.241 e. The first-order valence-electron chi connectivity index (χ1n) is 8.81. The molecule has 6 heteroatoms. The third-order valence-electron chi connectivity index (χ3n) is 5.17. The molecule has 1 aromatic carbocycles. The van der Waals surface area contributed by atoms with Crippen LogP contribution in [0.25, 0.3) is 0 Å². The highest BCUT2D eigenvalue weighted by Crippen LogP contribution is 2.28. The number of aliphatic hydroxyl groups excluding tert-OH is 1. The molecule has 1 fully saturated rings. The van der Waals surface area contributed by atoms with Crippen LogP contribution in [0.2, 0.25) is 0 Å². The maximum absolute atomic E-state index is 12.7. The van der Waals surface area contributed by atoms with Gasteiger partial charge in [-0.05, 0) is 25.0 Å². The van der Waals surface area contributed by atoms with Crippen molar-refractivity contribution in [1.82, 2.24) is 10.1 Å². The van der Waals surface area contributed by atoms with Crippen LogP contribution in [0.4, 0.5) is 5.69 Å². The standard InChI is InChI=1S/C19H23N3O3/c1-13-8-16(25-20-13)9-15-10-21(11-18(15)23)12-19(24)22-7-6-14-4-2-3-5-17(14)22/h2-5,8,15,18,23H,6-7,9-12H2,1H3/t15-,18+/m1/s1. The van der Waals surface area contributed by atoms with E-state index in [1.54, 1.807) is 0 Å². The van der Waals surface area contributed by atoms with Crippen LogP contribution in [-0.4, -0.2) is 53.4 Å². The average molecular weight is 341 g/mol. The number of fused-ring (bicyclic) bond motifs is 1. The second kappa shape index (κ2) is 6.61. The molecule has 2 aliphatic heterocycles. The molecule has 2 aromatic rings. The largest absolute Gasteiger partial charge is 0.391 e. The number of benzene rings is 1. The number of carbonyl (C=O) groups excluding carboxylic acids is 1. The molecule has 0 spiro atoms. The SMILES string of the molecule is Cc1cc(C[C@@H]2CN(CC(=O)N3CCc4ccccc43)C[C@@H]2O)on1. The van der Waals surface area contributed by atoms with Gasteiger partial charge in [0.05, 0.1) is 18.3 Å². The molecule has 1 N–H and O–H groups in total. The molecule has 4 rings (SSSR count). The smallest absolute Gasteiger partial charge is 0.241 e. The van der Waals surface area contributed by atoms with Crippen LogP contribution in [0.1, 0.15) is 17.0 Å². The molecule has 0 unspecified atom stereocenters. The van der Waals surface area contributed by atoms with Gasteiger partial charge in [-0.3, -0.25) is 9.69 Å². The first kappa shape index (κ1) is 16.3. The number of hydrogen-bond acceptors (Lipinski definition) is 5. The number of likely N-dealkylation sites (tertiary alicyclic amines) is 1. The van der Waals surface area contributed by atoms with E-state index in [4.69, 9.17) is 4.52 Å². The van der Waals surface area contributed by atoms with Crippen molar-refractivity contribution in [2.24, 2.45) is 5.92 Å². The van der Waals surface area contributed by atoms with Crippen molar-refractivity contribution in [3.05, 3.63) is 47.3 Å². The summed E-state index contributed by atoms with van der Waals surface area (Å²) in [5.41, 5.74) is 3.11. The van der Waals surface area contributed by atoms with Crippen LogP contribution >= 0.6 is 0 Å². The fourth-order valence-electron chi connectivity index (χ4n) is 3.92. The van der Waals surface area contributed by atoms with E-state index in [9.17, 15) is 9.90 Å². The number of aliphatic hydroxyl groups is 1. The molecule has 6 nitrogen and oxygen atoms in total. The zero-order valence-corrected chi connectivity index (χ0v) is 14.4. The Hall–Kier alpha value is -2.18. The van der Waals surface area contributed by atoms with Crippen molar-refractivity contribution >= 4 is 11.6 Å². The van der Waals surface area contributed by atoms with Crippen LogP contribution in [-0.2, 0) is 17.6 Å². The first-order valence-corrected chi connectivity index (χ1v) is 8.81. The number of aryl methyl sites for hydroxylation is 1. The van der Waals surface area contributed by atoms with Gasteiger partial charge < -0.3 is 14.5 Å². The summed E-state index contributed by atoms with van der Waals surface area (Å²) in [6.45, 7) is 4.20. The Morgan fingerprint density at radius 1 is 1.36 bits per heavy atom. The van der Waals surface area contributed by atoms with Crippen LogP contribution in [0.3, 0.4) is 0 Å². The highest BCUT2D eigenvalue weighted by Gasteiger charge is 2.34. The van der Waals surface area contributed by atoms with Crippen molar-refractivity contribution in [3.8, 4) is 0 Å². The Morgan fingerprint density at radius 2 is 2.20 bits per heavy atom. The summed E-state index contributed by atoms with van der Waals surface area (Å²) in [4.78, 5) is 16.6. The van der Waals surface area contributed by atoms with E-state index in [1.807, 2.05) is 41.0 Å². The van der Waals surface area contributed by atoms with E-state index in [0.29, 0.717) is 26.1 Å². The van der Waals surface area contributed by atoms with Crippen molar-refractivity contribution < 1.29 is 14.4 Å². The molecule has 0 radical (unpaired) electrons. The minimum Gasteiger partial charge on any atom is -0.391 e. The third kappa shape index (κ3) is 3.32.